The van der Waals surface area contributed by atoms with Crippen LogP contribution in [-0.2, 0) is 12.8 Å². The number of hydrogen-bond donors (Lipinski definition) is 2. The topological polar surface area (TPSA) is 49.5 Å². The largest absolute Gasteiger partial charge is 0.398 e. The van der Waals surface area contributed by atoms with Gasteiger partial charge < -0.3 is 10.8 Å². The molecule has 25 heavy (non-hydrogen) atoms. The van der Waals surface area contributed by atoms with Crippen molar-refractivity contribution < 1.29 is 5.11 Å². The lowest BCUT2D eigenvalue weighted by Crippen LogP contribution is -2.51. The molecule has 0 bridgehead atoms. The summed E-state index contributed by atoms with van der Waals surface area (Å²) in [6.07, 6.45) is 3.64. The van der Waals surface area contributed by atoms with Crippen LogP contribution in [0.4, 0.5) is 5.69 Å². The number of piperidine rings is 1. The first-order valence-corrected chi connectivity index (χ1v) is 10.2. The van der Waals surface area contributed by atoms with E-state index in [-0.39, 0.29) is 12.1 Å². The lowest BCUT2D eigenvalue weighted by molar-refractivity contribution is 0.0294. The van der Waals surface area contributed by atoms with Crippen LogP contribution < -0.4 is 5.73 Å². The molecule has 1 fully saturated rings. The van der Waals surface area contributed by atoms with Crippen molar-refractivity contribution in [1.29, 1.82) is 0 Å². The number of nitrogens with zero attached hydrogens (tertiary/aromatic N) is 1. The fourth-order valence-electron chi connectivity index (χ4n) is 4.50. The van der Waals surface area contributed by atoms with E-state index in [1.807, 2.05) is 6.07 Å². The molecule has 1 aliphatic carbocycles. The molecule has 0 radical (unpaired) electrons. The smallest absolute Gasteiger partial charge is 0.0739 e. The summed E-state index contributed by atoms with van der Waals surface area (Å²) in [5.74, 6) is 0.650. The number of hydrogen-bond acceptors (Lipinski definition) is 3. The maximum atomic E-state index is 10.8. The maximum Gasteiger partial charge on any atom is 0.0739 e. The molecule has 1 saturated heterocycles. The number of nitrogens with two attached hydrogens (primary N) is 1. The highest BCUT2D eigenvalue weighted by Gasteiger charge is 2.35. The standard InChI is InChI=1S/C21H25IN2O/c22-18-6-7-19(23)17-12-20(21(25)13-16(17)18)24-10-8-15(9-11-24)14-4-2-1-3-5-14/h1-7,15,20-21,25H,8-13,23H2/t20-,21-/m1/s1/i22-2. The number of fused-ring (bicyclic) bond motifs is 1. The summed E-state index contributed by atoms with van der Waals surface area (Å²) < 4.78 is 1.22. The number of likely N-dealkylation sites (tertiary alicyclic amines) is 1. The molecule has 3 nitrogen and oxygen atoms in total. The van der Waals surface area contributed by atoms with Crippen molar-refractivity contribution in [2.24, 2.45) is 0 Å². The molecular formula is C21H25IN2O. The van der Waals surface area contributed by atoms with Gasteiger partial charge in [0, 0.05) is 21.7 Å². The van der Waals surface area contributed by atoms with E-state index in [1.165, 1.54) is 33.1 Å². The quantitative estimate of drug-likeness (QED) is 0.548. The molecule has 1 heterocycles. The Bertz CT molecular complexity index is 741. The Morgan fingerprint density at radius 2 is 1.68 bits per heavy atom. The van der Waals surface area contributed by atoms with E-state index >= 15 is 0 Å². The average molecular weight is 446 g/mol. The highest BCUT2D eigenvalue weighted by molar-refractivity contribution is 14.1. The van der Waals surface area contributed by atoms with Gasteiger partial charge in [-0.1, -0.05) is 30.3 Å². The van der Waals surface area contributed by atoms with Crippen LogP contribution in [0.1, 0.15) is 35.4 Å². The number of anilines is 1. The molecule has 4 rings (SSSR count). The summed E-state index contributed by atoms with van der Waals surface area (Å²) in [5, 5.41) is 10.8. The third kappa shape index (κ3) is 3.44. The zero-order chi connectivity index (χ0) is 17.4. The molecule has 2 aromatic rings. The molecule has 2 atom stereocenters. The Hall–Kier alpha value is -1.11. The van der Waals surface area contributed by atoms with Crippen LogP contribution in [0, 0.1) is 3.57 Å². The Kier molecular flexibility index (Phi) is 5.02. The molecule has 132 valence electrons. The summed E-state index contributed by atoms with van der Waals surface area (Å²) in [4.78, 5) is 2.49. The van der Waals surface area contributed by atoms with Crippen molar-refractivity contribution >= 4 is 28.3 Å². The van der Waals surface area contributed by atoms with Crippen LogP contribution >= 0.6 is 22.6 Å². The van der Waals surface area contributed by atoms with E-state index in [0.717, 1.165) is 31.6 Å². The van der Waals surface area contributed by atoms with Gasteiger partial charge in [0.05, 0.1) is 6.10 Å². The first-order valence-electron chi connectivity index (χ1n) is 9.16. The second-order valence-corrected chi connectivity index (χ2v) is 8.52. The van der Waals surface area contributed by atoms with Gasteiger partial charge in [0.2, 0.25) is 0 Å². The Labute approximate surface area is 163 Å². The van der Waals surface area contributed by atoms with Gasteiger partial charge in [0.1, 0.15) is 0 Å². The summed E-state index contributed by atoms with van der Waals surface area (Å²) in [5.41, 5.74) is 11.1. The van der Waals surface area contributed by atoms with E-state index in [0.29, 0.717) is 5.92 Å². The van der Waals surface area contributed by atoms with Gasteiger partial charge in [-0.3, -0.25) is 4.90 Å². The molecule has 2 aromatic carbocycles. The van der Waals surface area contributed by atoms with Crippen molar-refractivity contribution in [2.45, 2.75) is 43.7 Å². The summed E-state index contributed by atoms with van der Waals surface area (Å²) in [7, 11) is 0. The lowest BCUT2D eigenvalue weighted by Gasteiger charge is -2.42. The van der Waals surface area contributed by atoms with Gasteiger partial charge in [-0.2, -0.15) is 0 Å². The van der Waals surface area contributed by atoms with Crippen LogP contribution in [0.2, 0.25) is 0 Å². The van der Waals surface area contributed by atoms with Crippen LogP contribution in [-0.4, -0.2) is 35.2 Å². The van der Waals surface area contributed by atoms with Crippen molar-refractivity contribution in [3.05, 3.63) is 62.7 Å². The van der Waals surface area contributed by atoms with E-state index in [2.05, 4.69) is 63.9 Å². The highest BCUT2D eigenvalue weighted by atomic mass is 125. The number of aliphatic hydroxyl groups is 1. The highest BCUT2D eigenvalue weighted by Crippen LogP contribution is 2.35. The minimum absolute atomic E-state index is 0.199. The van der Waals surface area contributed by atoms with Crippen molar-refractivity contribution in [3.8, 4) is 0 Å². The van der Waals surface area contributed by atoms with Gasteiger partial charge in [-0.25, -0.2) is 0 Å². The van der Waals surface area contributed by atoms with Crippen LogP contribution in [0.3, 0.4) is 0 Å². The maximum absolute atomic E-state index is 10.8. The van der Waals surface area contributed by atoms with E-state index in [1.54, 1.807) is 0 Å². The summed E-state index contributed by atoms with van der Waals surface area (Å²) >= 11 is 2.36. The molecule has 3 N–H and O–H groups in total. The first kappa shape index (κ1) is 17.3. The van der Waals surface area contributed by atoms with Crippen LogP contribution in [0.15, 0.2) is 42.5 Å². The number of nitrogen functional groups attached to an aromatic ring is 1. The SMILES string of the molecule is Nc1ccc([125I])c2c1C[C@@H](N1CCC(c3ccccc3)CC1)[C@H](O)C2. The van der Waals surface area contributed by atoms with Gasteiger partial charge >= 0.3 is 0 Å². The number of benzene rings is 2. The molecule has 0 unspecified atom stereocenters. The molecule has 0 spiro atoms. The first-order chi connectivity index (χ1) is 12.1. The van der Waals surface area contributed by atoms with Gasteiger partial charge in [0.15, 0.2) is 0 Å². The monoisotopic (exact) mass is 446 g/mol. The van der Waals surface area contributed by atoms with Gasteiger partial charge in [-0.15, -0.1) is 0 Å². The third-order valence-electron chi connectivity index (χ3n) is 5.95. The van der Waals surface area contributed by atoms with Crippen LogP contribution in [0.5, 0.6) is 0 Å². The predicted molar refractivity (Wildman–Crippen MR) is 111 cm³/mol. The van der Waals surface area contributed by atoms with Crippen molar-refractivity contribution in [1.82, 2.24) is 4.90 Å². The molecular weight excluding hydrogens is 421 g/mol. The fourth-order valence-corrected chi connectivity index (χ4v) is 5.22. The second-order valence-electron chi connectivity index (χ2n) is 7.36. The molecule has 0 saturated carbocycles. The minimum Gasteiger partial charge on any atom is -0.398 e. The van der Waals surface area contributed by atoms with Crippen molar-refractivity contribution in [3.63, 3.8) is 0 Å². The van der Waals surface area contributed by atoms with E-state index in [4.69, 9.17) is 5.73 Å². The molecule has 0 aromatic heterocycles. The minimum atomic E-state index is -0.295. The van der Waals surface area contributed by atoms with Gasteiger partial charge in [-0.05, 0) is 89.7 Å². The second kappa shape index (κ2) is 7.25. The Morgan fingerprint density at radius 1 is 0.960 bits per heavy atom. The van der Waals surface area contributed by atoms with Crippen LogP contribution in [0.25, 0.3) is 0 Å². The summed E-state index contributed by atoms with van der Waals surface area (Å²) in [6, 6.07) is 15.1. The summed E-state index contributed by atoms with van der Waals surface area (Å²) in [6.45, 7) is 2.11. The van der Waals surface area contributed by atoms with E-state index in [9.17, 15) is 5.11 Å². The zero-order valence-electron chi connectivity index (χ0n) is 14.4. The Morgan fingerprint density at radius 3 is 2.40 bits per heavy atom. The fraction of sp³-hybridized carbons (Fsp3) is 0.429. The third-order valence-corrected chi connectivity index (χ3v) is 6.96. The number of rotatable bonds is 2. The zero-order valence-corrected chi connectivity index (χ0v) is 16.5. The molecule has 0 amide bonds. The van der Waals surface area contributed by atoms with E-state index < -0.39 is 0 Å². The number of halogens is 1. The van der Waals surface area contributed by atoms with Crippen molar-refractivity contribution in [2.75, 3.05) is 18.8 Å². The normalized spacial score (nSPS) is 24.9. The van der Waals surface area contributed by atoms with Gasteiger partial charge in [0.25, 0.3) is 0 Å². The number of aliphatic hydroxyl groups excluding tert-OH is 1. The molecule has 2 aliphatic rings. The molecule has 4 heteroatoms. The lowest BCUT2D eigenvalue weighted by atomic mass is 9.82. The average Bonchev–Trinajstić information content (AvgIpc) is 2.65. The Balaban J connectivity index is 1.47. The molecule has 1 aliphatic heterocycles. The predicted octanol–water partition coefficient (Wildman–Crippen LogP) is 3.58.